The number of hydrogen-bond donors (Lipinski definition) is 0. The van der Waals surface area contributed by atoms with Gasteiger partial charge >= 0.3 is 5.97 Å². The second-order valence-electron chi connectivity index (χ2n) is 6.06. The summed E-state index contributed by atoms with van der Waals surface area (Å²) in [5, 5.41) is 0. The van der Waals surface area contributed by atoms with Gasteiger partial charge in [0.05, 0.1) is 6.10 Å². The van der Waals surface area contributed by atoms with Gasteiger partial charge in [-0.05, 0) is 32.1 Å². The molecule has 1 rings (SSSR count). The SMILES string of the molecule is COC1CCCC(C)CC=CC=CCC(C)OC(=O)CC1. The molecule has 21 heavy (non-hydrogen) atoms. The highest BCUT2D eigenvalue weighted by Gasteiger charge is 2.14. The average molecular weight is 294 g/mol. The molecule has 3 nitrogen and oxygen atoms in total. The van der Waals surface area contributed by atoms with Gasteiger partial charge in [-0.1, -0.05) is 44.1 Å². The number of carbonyl (C=O) groups is 1. The van der Waals surface area contributed by atoms with Gasteiger partial charge in [0, 0.05) is 20.0 Å². The fraction of sp³-hybridized carbons (Fsp3) is 0.722. The molecule has 120 valence electrons. The highest BCUT2D eigenvalue weighted by atomic mass is 16.5. The molecule has 0 fully saturated rings. The monoisotopic (exact) mass is 294 g/mol. The van der Waals surface area contributed by atoms with Crippen molar-refractivity contribution < 1.29 is 14.3 Å². The molecule has 0 aromatic rings. The third kappa shape index (κ3) is 8.71. The van der Waals surface area contributed by atoms with Crippen LogP contribution in [0.15, 0.2) is 24.3 Å². The van der Waals surface area contributed by atoms with Crippen LogP contribution in [0.4, 0.5) is 0 Å². The molecule has 0 saturated carbocycles. The Morgan fingerprint density at radius 1 is 1.10 bits per heavy atom. The Bertz CT molecular complexity index is 346. The number of esters is 1. The molecule has 0 aromatic carbocycles. The summed E-state index contributed by atoms with van der Waals surface area (Å²) in [6.45, 7) is 4.23. The highest BCUT2D eigenvalue weighted by Crippen LogP contribution is 2.17. The Labute approximate surface area is 129 Å². The van der Waals surface area contributed by atoms with Gasteiger partial charge in [0.2, 0.25) is 0 Å². The summed E-state index contributed by atoms with van der Waals surface area (Å²) < 4.78 is 10.9. The fourth-order valence-electron chi connectivity index (χ4n) is 2.54. The molecule has 1 aliphatic rings. The van der Waals surface area contributed by atoms with E-state index in [-0.39, 0.29) is 18.2 Å². The van der Waals surface area contributed by atoms with Crippen LogP contribution >= 0.6 is 0 Å². The van der Waals surface area contributed by atoms with Crippen LogP contribution in [-0.4, -0.2) is 25.3 Å². The summed E-state index contributed by atoms with van der Waals surface area (Å²) in [7, 11) is 1.73. The molecule has 3 heteroatoms. The van der Waals surface area contributed by atoms with Gasteiger partial charge in [-0.2, -0.15) is 0 Å². The summed E-state index contributed by atoms with van der Waals surface area (Å²) in [6, 6.07) is 0. The van der Waals surface area contributed by atoms with Gasteiger partial charge < -0.3 is 9.47 Å². The molecule has 3 atom stereocenters. The van der Waals surface area contributed by atoms with Crippen LogP contribution in [-0.2, 0) is 14.3 Å². The number of allylic oxidation sites excluding steroid dienone is 3. The van der Waals surface area contributed by atoms with E-state index < -0.39 is 0 Å². The molecule has 0 radical (unpaired) electrons. The zero-order chi connectivity index (χ0) is 15.5. The third-order valence-corrected chi connectivity index (χ3v) is 3.95. The molecule has 0 amide bonds. The quantitative estimate of drug-likeness (QED) is 0.671. The van der Waals surface area contributed by atoms with Gasteiger partial charge in [0.1, 0.15) is 6.10 Å². The third-order valence-electron chi connectivity index (χ3n) is 3.95. The van der Waals surface area contributed by atoms with Crippen molar-refractivity contribution in [2.45, 2.75) is 71.0 Å². The zero-order valence-corrected chi connectivity index (χ0v) is 13.7. The first kappa shape index (κ1) is 18.0. The summed E-state index contributed by atoms with van der Waals surface area (Å²) >= 11 is 0. The second-order valence-corrected chi connectivity index (χ2v) is 6.06. The first-order valence-electron chi connectivity index (χ1n) is 8.15. The van der Waals surface area contributed by atoms with Crippen LogP contribution in [0.1, 0.15) is 58.8 Å². The van der Waals surface area contributed by atoms with Crippen molar-refractivity contribution in [2.24, 2.45) is 5.92 Å². The van der Waals surface area contributed by atoms with Gasteiger partial charge in [0.15, 0.2) is 0 Å². The van der Waals surface area contributed by atoms with Crippen LogP contribution in [0.3, 0.4) is 0 Å². The minimum Gasteiger partial charge on any atom is -0.462 e. The van der Waals surface area contributed by atoms with Gasteiger partial charge in [-0.15, -0.1) is 0 Å². The van der Waals surface area contributed by atoms with Crippen molar-refractivity contribution in [3.05, 3.63) is 24.3 Å². The summed E-state index contributed by atoms with van der Waals surface area (Å²) in [5.41, 5.74) is 0. The first-order valence-corrected chi connectivity index (χ1v) is 8.15. The Morgan fingerprint density at radius 2 is 1.81 bits per heavy atom. The first-order chi connectivity index (χ1) is 10.1. The average Bonchev–Trinajstić information content (AvgIpc) is 2.45. The van der Waals surface area contributed by atoms with E-state index in [1.54, 1.807) is 7.11 Å². The number of rotatable bonds is 1. The summed E-state index contributed by atoms with van der Waals surface area (Å²) in [5.74, 6) is 0.581. The largest absolute Gasteiger partial charge is 0.462 e. The van der Waals surface area contributed by atoms with Crippen LogP contribution in [0.5, 0.6) is 0 Å². The van der Waals surface area contributed by atoms with E-state index in [0.717, 1.165) is 32.1 Å². The van der Waals surface area contributed by atoms with Crippen molar-refractivity contribution in [1.82, 2.24) is 0 Å². The second kappa shape index (κ2) is 10.6. The van der Waals surface area contributed by atoms with E-state index >= 15 is 0 Å². The molecule has 0 saturated heterocycles. The van der Waals surface area contributed by atoms with Crippen molar-refractivity contribution in [3.8, 4) is 0 Å². The Morgan fingerprint density at radius 3 is 2.52 bits per heavy atom. The Kier molecular flexibility index (Phi) is 9.07. The van der Waals surface area contributed by atoms with E-state index in [4.69, 9.17) is 9.47 Å². The van der Waals surface area contributed by atoms with Gasteiger partial charge in [0.25, 0.3) is 0 Å². The fourth-order valence-corrected chi connectivity index (χ4v) is 2.54. The molecular weight excluding hydrogens is 264 g/mol. The maximum atomic E-state index is 11.8. The lowest BCUT2D eigenvalue weighted by Gasteiger charge is -2.17. The lowest BCUT2D eigenvalue weighted by molar-refractivity contribution is -0.148. The normalized spacial score (nSPS) is 30.0. The van der Waals surface area contributed by atoms with Gasteiger partial charge in [-0.3, -0.25) is 4.79 Å². The number of carbonyl (C=O) groups excluding carboxylic acids is 1. The predicted molar refractivity (Wildman–Crippen MR) is 86.1 cm³/mol. The Hall–Kier alpha value is -1.09. The van der Waals surface area contributed by atoms with E-state index in [9.17, 15) is 4.79 Å². The molecular formula is C18H30O3. The van der Waals surface area contributed by atoms with Crippen molar-refractivity contribution in [3.63, 3.8) is 0 Å². The minimum atomic E-state index is -0.117. The summed E-state index contributed by atoms with van der Waals surface area (Å²) in [6.07, 6.45) is 15.0. The van der Waals surface area contributed by atoms with Gasteiger partial charge in [-0.25, -0.2) is 0 Å². The number of methoxy groups -OCH3 is 1. The van der Waals surface area contributed by atoms with Crippen LogP contribution < -0.4 is 0 Å². The van der Waals surface area contributed by atoms with Crippen molar-refractivity contribution in [2.75, 3.05) is 7.11 Å². The van der Waals surface area contributed by atoms with Crippen molar-refractivity contribution in [1.29, 1.82) is 0 Å². The zero-order valence-electron chi connectivity index (χ0n) is 13.7. The Balaban J connectivity index is 2.56. The molecule has 3 unspecified atom stereocenters. The molecule has 0 aliphatic carbocycles. The molecule has 0 bridgehead atoms. The van der Waals surface area contributed by atoms with Crippen molar-refractivity contribution >= 4 is 5.97 Å². The molecule has 0 aromatic heterocycles. The minimum absolute atomic E-state index is 0.0602. The van der Waals surface area contributed by atoms with E-state index in [2.05, 4.69) is 25.2 Å². The summed E-state index contributed by atoms with van der Waals surface area (Å²) in [4.78, 5) is 11.8. The van der Waals surface area contributed by atoms with E-state index in [1.807, 2.05) is 13.0 Å². The lowest BCUT2D eigenvalue weighted by Crippen LogP contribution is -2.18. The van der Waals surface area contributed by atoms with E-state index in [0.29, 0.717) is 12.3 Å². The number of ether oxygens (including phenoxy) is 2. The molecule has 1 aliphatic heterocycles. The van der Waals surface area contributed by atoms with Crippen LogP contribution in [0.25, 0.3) is 0 Å². The lowest BCUT2D eigenvalue weighted by atomic mass is 9.98. The molecule has 1 heterocycles. The maximum Gasteiger partial charge on any atom is 0.306 e. The van der Waals surface area contributed by atoms with E-state index in [1.165, 1.54) is 6.42 Å². The van der Waals surface area contributed by atoms with Crippen LogP contribution in [0.2, 0.25) is 0 Å². The van der Waals surface area contributed by atoms with Crippen LogP contribution in [0, 0.1) is 5.92 Å². The molecule has 0 spiro atoms. The topological polar surface area (TPSA) is 35.5 Å². The predicted octanol–water partition coefficient (Wildman–Crippen LogP) is 4.43. The molecule has 0 N–H and O–H groups in total. The maximum absolute atomic E-state index is 11.8. The highest BCUT2D eigenvalue weighted by molar-refractivity contribution is 5.69. The number of cyclic esters (lactones) is 1. The standard InChI is InChI=1S/C18H30O3/c1-15-9-6-4-5-7-11-16(2)21-18(19)14-13-17(20-3)12-8-10-15/h4-7,15-17H,8-14H2,1-3H3. The number of hydrogen-bond acceptors (Lipinski definition) is 3. The smallest absolute Gasteiger partial charge is 0.306 e.